The van der Waals surface area contributed by atoms with Gasteiger partial charge in [-0.25, -0.2) is 4.79 Å². The van der Waals surface area contributed by atoms with Crippen LogP contribution in [-0.2, 0) is 9.59 Å². The first-order valence-corrected chi connectivity index (χ1v) is 6.33. The molecule has 2 unspecified atom stereocenters. The quantitative estimate of drug-likeness (QED) is 0.470. The number of carboxylic acids is 1. The molecule has 2 heterocycles. The lowest BCUT2D eigenvalue weighted by atomic mass is 9.99. The molecular formula is C11H15BrN2O3S. The van der Waals surface area contributed by atoms with E-state index in [1.54, 1.807) is 0 Å². The summed E-state index contributed by atoms with van der Waals surface area (Å²) < 4.78 is 0. The number of rotatable bonds is 2. The van der Waals surface area contributed by atoms with Crippen molar-refractivity contribution in [1.29, 1.82) is 0 Å². The minimum Gasteiger partial charge on any atom is -0.479 e. The Morgan fingerprint density at radius 2 is 2.17 bits per heavy atom. The molecule has 0 bridgehead atoms. The number of hydrogen-bond donors (Lipinski definition) is 1. The van der Waals surface area contributed by atoms with Crippen molar-refractivity contribution in [3.05, 3.63) is 12.2 Å². The first kappa shape index (κ1) is 15.2. The molecule has 0 aromatic carbocycles. The van der Waals surface area contributed by atoms with Crippen LogP contribution in [0, 0.1) is 0 Å². The number of aliphatic carboxylic acids is 1. The summed E-state index contributed by atoms with van der Waals surface area (Å²) >= 11 is 1.53. The minimum absolute atomic E-state index is 0. The van der Waals surface area contributed by atoms with Crippen LogP contribution in [0.25, 0.3) is 0 Å². The fourth-order valence-electron chi connectivity index (χ4n) is 2.07. The molecule has 2 saturated heterocycles. The monoisotopic (exact) mass is 334 g/mol. The lowest BCUT2D eigenvalue weighted by molar-refractivity contribution is -0.157. The fourth-order valence-corrected chi connectivity index (χ4v) is 3.36. The van der Waals surface area contributed by atoms with Crippen molar-refractivity contribution in [2.75, 3.05) is 5.75 Å². The first-order valence-electron chi connectivity index (χ1n) is 5.28. The largest absolute Gasteiger partial charge is 0.479 e. The zero-order valence-corrected chi connectivity index (χ0v) is 12.7. The molecule has 2 aliphatic heterocycles. The second kappa shape index (κ2) is 5.44. The van der Waals surface area contributed by atoms with Crippen molar-refractivity contribution < 1.29 is 14.7 Å². The van der Waals surface area contributed by atoms with Crippen molar-refractivity contribution in [1.82, 2.24) is 4.90 Å². The molecule has 0 aromatic heterocycles. The third-order valence-electron chi connectivity index (χ3n) is 2.79. The van der Waals surface area contributed by atoms with Gasteiger partial charge in [0.25, 0.3) is 5.91 Å². The molecule has 7 heteroatoms. The topological polar surface area (TPSA) is 70.0 Å². The van der Waals surface area contributed by atoms with E-state index in [1.807, 2.05) is 13.8 Å². The van der Waals surface area contributed by atoms with Crippen LogP contribution in [0.2, 0.25) is 0 Å². The molecule has 18 heavy (non-hydrogen) atoms. The van der Waals surface area contributed by atoms with E-state index in [4.69, 9.17) is 5.11 Å². The maximum absolute atomic E-state index is 11.9. The number of amides is 1. The van der Waals surface area contributed by atoms with Crippen LogP contribution in [-0.4, -0.2) is 50.8 Å². The van der Waals surface area contributed by atoms with Crippen LogP contribution in [0.1, 0.15) is 13.8 Å². The lowest BCUT2D eigenvalue weighted by Crippen LogP contribution is -2.69. The van der Waals surface area contributed by atoms with Crippen molar-refractivity contribution in [2.24, 2.45) is 4.99 Å². The van der Waals surface area contributed by atoms with E-state index < -0.39 is 18.1 Å². The summed E-state index contributed by atoms with van der Waals surface area (Å²) in [6, 6.07) is -1.29. The van der Waals surface area contributed by atoms with Gasteiger partial charge < -0.3 is 10.0 Å². The van der Waals surface area contributed by atoms with Crippen LogP contribution in [0.5, 0.6) is 0 Å². The summed E-state index contributed by atoms with van der Waals surface area (Å²) in [5.74, 6) is -0.651. The second-order valence-corrected chi connectivity index (χ2v) is 5.47. The smallest absolute Gasteiger partial charge is 0.330 e. The Morgan fingerprint density at radius 3 is 2.67 bits per heavy atom. The van der Waals surface area contributed by atoms with Gasteiger partial charge in [-0.2, -0.15) is 0 Å². The van der Waals surface area contributed by atoms with Gasteiger partial charge in [0.1, 0.15) is 5.37 Å². The molecule has 0 spiro atoms. The Labute approximate surface area is 120 Å². The summed E-state index contributed by atoms with van der Waals surface area (Å²) in [5, 5.41) is 8.97. The maximum Gasteiger partial charge on any atom is 0.330 e. The minimum atomic E-state index is -1.01. The lowest BCUT2D eigenvalue weighted by Gasteiger charge is -2.51. The van der Waals surface area contributed by atoms with Crippen molar-refractivity contribution in [2.45, 2.75) is 31.3 Å². The highest BCUT2D eigenvalue weighted by atomic mass is 79.9. The number of fused-ring (bicyclic) bond motifs is 1. The SMILES string of the molecule is Br.C=C1CS[C@@H]2C(N=C(C)C)C(=O)N2C1C(=O)O. The Kier molecular flexibility index (Phi) is 4.61. The van der Waals surface area contributed by atoms with Gasteiger partial charge in [0.2, 0.25) is 0 Å². The standard InChI is InChI=1S/C11H14N2O3S.BrH/c1-5(2)12-7-9(14)13-8(11(15)16)6(3)4-17-10(7)13;/h7-8,10H,3-4H2,1-2H3,(H,15,16);1H/t7?,8?,10-;/m1./s1. The third kappa shape index (κ3) is 2.33. The highest BCUT2D eigenvalue weighted by molar-refractivity contribution is 8.93. The molecule has 5 nitrogen and oxygen atoms in total. The van der Waals surface area contributed by atoms with Crippen LogP contribution in [0.3, 0.4) is 0 Å². The molecule has 1 amide bonds. The Hall–Kier alpha value is -0.820. The zero-order chi connectivity index (χ0) is 12.7. The molecule has 0 aliphatic carbocycles. The predicted octanol–water partition coefficient (Wildman–Crippen LogP) is 1.34. The molecule has 2 rings (SSSR count). The third-order valence-corrected chi connectivity index (χ3v) is 4.15. The molecular weight excluding hydrogens is 320 g/mol. The first-order chi connectivity index (χ1) is 7.93. The Balaban J connectivity index is 0.00000162. The maximum atomic E-state index is 11.9. The van der Waals surface area contributed by atoms with E-state index >= 15 is 0 Å². The summed E-state index contributed by atoms with van der Waals surface area (Å²) in [4.78, 5) is 28.7. The summed E-state index contributed by atoms with van der Waals surface area (Å²) in [6.45, 7) is 7.39. The van der Waals surface area contributed by atoms with Gasteiger partial charge in [0.15, 0.2) is 12.1 Å². The van der Waals surface area contributed by atoms with Crippen LogP contribution < -0.4 is 0 Å². The zero-order valence-electron chi connectivity index (χ0n) is 10.1. The Morgan fingerprint density at radius 1 is 1.56 bits per heavy atom. The normalized spacial score (nSPS) is 29.9. The predicted molar refractivity (Wildman–Crippen MR) is 76.5 cm³/mol. The molecule has 2 aliphatic rings. The number of thioether (sulfide) groups is 1. The highest BCUT2D eigenvalue weighted by Gasteiger charge is 2.55. The molecule has 100 valence electrons. The number of carboxylic acid groups (broad SMARTS) is 1. The number of hydrogen-bond acceptors (Lipinski definition) is 4. The molecule has 0 radical (unpaired) electrons. The number of carbonyl (C=O) groups excluding carboxylic acids is 1. The van der Waals surface area contributed by atoms with E-state index in [9.17, 15) is 9.59 Å². The van der Waals surface area contributed by atoms with Crippen LogP contribution in [0.15, 0.2) is 17.1 Å². The summed E-state index contributed by atoms with van der Waals surface area (Å²) in [7, 11) is 0. The number of aliphatic imine (C=N–C) groups is 1. The van der Waals surface area contributed by atoms with E-state index in [1.165, 1.54) is 16.7 Å². The van der Waals surface area contributed by atoms with Gasteiger partial charge >= 0.3 is 5.97 Å². The number of halogens is 1. The van der Waals surface area contributed by atoms with Gasteiger partial charge in [-0.15, -0.1) is 28.7 Å². The van der Waals surface area contributed by atoms with E-state index in [-0.39, 0.29) is 28.3 Å². The Bertz CT molecular complexity index is 434. The van der Waals surface area contributed by atoms with Crippen molar-refractivity contribution in [3.63, 3.8) is 0 Å². The average Bonchev–Trinajstić information content (AvgIpc) is 2.24. The van der Waals surface area contributed by atoms with Gasteiger partial charge in [-0.05, 0) is 19.4 Å². The summed E-state index contributed by atoms with van der Waals surface area (Å²) in [6.07, 6.45) is 0. The van der Waals surface area contributed by atoms with E-state index in [0.29, 0.717) is 11.3 Å². The fraction of sp³-hybridized carbons (Fsp3) is 0.545. The van der Waals surface area contributed by atoms with Gasteiger partial charge in [-0.3, -0.25) is 9.79 Å². The molecule has 2 fully saturated rings. The molecule has 0 saturated carbocycles. The van der Waals surface area contributed by atoms with E-state index in [0.717, 1.165) is 5.71 Å². The van der Waals surface area contributed by atoms with Crippen molar-refractivity contribution in [3.8, 4) is 0 Å². The van der Waals surface area contributed by atoms with Gasteiger partial charge in [0.05, 0.1) is 0 Å². The number of nitrogens with zero attached hydrogens (tertiary/aromatic N) is 2. The van der Waals surface area contributed by atoms with Crippen LogP contribution >= 0.6 is 28.7 Å². The number of carbonyl (C=O) groups is 2. The average molecular weight is 335 g/mol. The van der Waals surface area contributed by atoms with E-state index in [2.05, 4.69) is 11.6 Å². The summed E-state index contributed by atoms with van der Waals surface area (Å²) in [5.41, 5.74) is 1.41. The molecule has 0 aromatic rings. The van der Waals surface area contributed by atoms with Gasteiger partial charge in [0, 0.05) is 11.5 Å². The molecule has 1 N–H and O–H groups in total. The van der Waals surface area contributed by atoms with Gasteiger partial charge in [-0.1, -0.05) is 6.58 Å². The number of β-lactam (4-membered cyclic amide) rings is 1. The van der Waals surface area contributed by atoms with Crippen LogP contribution in [0.4, 0.5) is 0 Å². The van der Waals surface area contributed by atoms with Crippen molar-refractivity contribution >= 4 is 46.3 Å². The molecule has 3 atom stereocenters. The highest BCUT2D eigenvalue weighted by Crippen LogP contribution is 2.41. The second-order valence-electron chi connectivity index (χ2n) is 4.37.